The second-order valence-electron chi connectivity index (χ2n) is 4.24. The fourth-order valence-corrected chi connectivity index (χ4v) is 1.73. The molecule has 20 heavy (non-hydrogen) atoms. The van der Waals surface area contributed by atoms with Gasteiger partial charge in [0.1, 0.15) is 22.6 Å². The molecule has 1 amide bonds. The quantitative estimate of drug-likeness (QED) is 0.751. The van der Waals surface area contributed by atoms with E-state index in [1.165, 1.54) is 6.92 Å². The standard InChI is InChI=1S/C12H16N2O4S2/c1-8(20(2,16)17)12(15)14-9-3-5-10(6-4-9)18-7-11(13)19/h3-6,8H,7H2,1-2H3,(H2,13,19)(H,14,15). The van der Waals surface area contributed by atoms with Crippen molar-refractivity contribution >= 4 is 38.6 Å². The van der Waals surface area contributed by atoms with Crippen LogP contribution in [0.5, 0.6) is 5.75 Å². The lowest BCUT2D eigenvalue weighted by atomic mass is 10.3. The number of rotatable bonds is 6. The molecule has 8 heteroatoms. The van der Waals surface area contributed by atoms with Crippen LogP contribution in [0.25, 0.3) is 0 Å². The molecule has 0 aliphatic rings. The molecule has 1 rings (SSSR count). The van der Waals surface area contributed by atoms with Crippen molar-refractivity contribution in [3.05, 3.63) is 24.3 Å². The average molecular weight is 316 g/mol. The second-order valence-corrected chi connectivity index (χ2v) is 7.13. The summed E-state index contributed by atoms with van der Waals surface area (Å²) in [6.07, 6.45) is 1.02. The minimum Gasteiger partial charge on any atom is -0.487 e. The van der Waals surface area contributed by atoms with E-state index in [1.54, 1.807) is 24.3 Å². The van der Waals surface area contributed by atoms with E-state index in [-0.39, 0.29) is 11.6 Å². The van der Waals surface area contributed by atoms with Gasteiger partial charge in [0.05, 0.1) is 0 Å². The van der Waals surface area contributed by atoms with Gasteiger partial charge in [0.15, 0.2) is 9.84 Å². The lowest BCUT2D eigenvalue weighted by Gasteiger charge is -2.11. The number of carbonyl (C=O) groups excluding carboxylic acids is 1. The summed E-state index contributed by atoms with van der Waals surface area (Å²) in [5.41, 5.74) is 5.78. The van der Waals surface area contributed by atoms with E-state index in [4.69, 9.17) is 10.5 Å². The van der Waals surface area contributed by atoms with Crippen molar-refractivity contribution in [3.8, 4) is 5.75 Å². The van der Waals surface area contributed by atoms with Crippen LogP contribution in [-0.4, -0.2) is 37.4 Å². The Labute approximate surface area is 123 Å². The largest absolute Gasteiger partial charge is 0.487 e. The van der Waals surface area contributed by atoms with Crippen LogP contribution in [0, 0.1) is 0 Å². The third-order valence-corrected chi connectivity index (χ3v) is 4.13. The van der Waals surface area contributed by atoms with Gasteiger partial charge in [0.2, 0.25) is 5.91 Å². The molecule has 3 N–H and O–H groups in total. The topological polar surface area (TPSA) is 98.5 Å². The van der Waals surface area contributed by atoms with Gasteiger partial charge in [-0.15, -0.1) is 0 Å². The van der Waals surface area contributed by atoms with Crippen LogP contribution in [0.2, 0.25) is 0 Å². The molecule has 0 saturated heterocycles. The monoisotopic (exact) mass is 316 g/mol. The van der Waals surface area contributed by atoms with Gasteiger partial charge in [0.25, 0.3) is 0 Å². The Morgan fingerprint density at radius 2 is 1.95 bits per heavy atom. The summed E-state index contributed by atoms with van der Waals surface area (Å²) >= 11 is 4.68. The number of benzene rings is 1. The van der Waals surface area contributed by atoms with Crippen molar-refractivity contribution in [1.29, 1.82) is 0 Å². The zero-order valence-electron chi connectivity index (χ0n) is 11.1. The normalized spacial score (nSPS) is 12.5. The molecule has 0 radical (unpaired) electrons. The molecule has 1 aromatic carbocycles. The van der Waals surface area contributed by atoms with Crippen molar-refractivity contribution in [3.63, 3.8) is 0 Å². The van der Waals surface area contributed by atoms with Gasteiger partial charge >= 0.3 is 0 Å². The van der Waals surface area contributed by atoms with Crippen molar-refractivity contribution in [1.82, 2.24) is 0 Å². The molecule has 0 aromatic heterocycles. The number of sulfone groups is 1. The number of ether oxygens (including phenoxy) is 1. The lowest BCUT2D eigenvalue weighted by Crippen LogP contribution is -2.31. The van der Waals surface area contributed by atoms with Crippen molar-refractivity contribution in [2.45, 2.75) is 12.2 Å². The molecule has 1 atom stereocenters. The first-order chi connectivity index (χ1) is 9.20. The second kappa shape index (κ2) is 6.67. The van der Waals surface area contributed by atoms with Gasteiger partial charge in [-0.1, -0.05) is 12.2 Å². The maximum atomic E-state index is 11.7. The van der Waals surface area contributed by atoms with Crippen molar-refractivity contribution in [2.24, 2.45) is 5.73 Å². The number of thiocarbonyl (C=S) groups is 1. The average Bonchev–Trinajstić information content (AvgIpc) is 2.35. The predicted molar refractivity (Wildman–Crippen MR) is 81.7 cm³/mol. The molecule has 0 aliphatic heterocycles. The molecule has 1 unspecified atom stereocenters. The molecular formula is C12H16N2O4S2. The molecule has 0 aliphatic carbocycles. The van der Waals surface area contributed by atoms with Crippen LogP contribution in [0.1, 0.15) is 6.92 Å². The van der Waals surface area contributed by atoms with E-state index >= 15 is 0 Å². The molecule has 6 nitrogen and oxygen atoms in total. The maximum Gasteiger partial charge on any atom is 0.242 e. The zero-order valence-corrected chi connectivity index (χ0v) is 12.8. The molecule has 110 valence electrons. The van der Waals surface area contributed by atoms with Crippen molar-refractivity contribution < 1.29 is 17.9 Å². The predicted octanol–water partition coefficient (Wildman–Crippen LogP) is 0.723. The molecule has 0 saturated carbocycles. The lowest BCUT2D eigenvalue weighted by molar-refractivity contribution is -0.115. The van der Waals surface area contributed by atoms with Crippen LogP contribution in [0.15, 0.2) is 24.3 Å². The summed E-state index contributed by atoms with van der Waals surface area (Å²) in [6.45, 7) is 1.47. The Balaban J connectivity index is 2.66. The number of amides is 1. The minimum absolute atomic E-state index is 0.131. The van der Waals surface area contributed by atoms with Gasteiger partial charge in [-0.3, -0.25) is 4.79 Å². The highest BCUT2D eigenvalue weighted by molar-refractivity contribution is 7.92. The van der Waals surface area contributed by atoms with E-state index in [0.717, 1.165) is 6.26 Å². The van der Waals surface area contributed by atoms with E-state index in [0.29, 0.717) is 11.4 Å². The molecule has 0 spiro atoms. The zero-order chi connectivity index (χ0) is 15.3. The van der Waals surface area contributed by atoms with E-state index in [9.17, 15) is 13.2 Å². The number of nitrogens with one attached hydrogen (secondary N) is 1. The third-order valence-electron chi connectivity index (χ3n) is 2.51. The Morgan fingerprint density at radius 3 is 2.40 bits per heavy atom. The number of carbonyl (C=O) groups is 1. The molecule has 0 fully saturated rings. The summed E-state index contributed by atoms with van der Waals surface area (Å²) in [5.74, 6) is -0.0312. The summed E-state index contributed by atoms with van der Waals surface area (Å²) in [7, 11) is -3.41. The fraction of sp³-hybridized carbons (Fsp3) is 0.333. The van der Waals surface area contributed by atoms with Crippen LogP contribution in [-0.2, 0) is 14.6 Å². The van der Waals surface area contributed by atoms with Crippen LogP contribution < -0.4 is 15.8 Å². The molecular weight excluding hydrogens is 300 g/mol. The number of hydrogen-bond acceptors (Lipinski definition) is 5. The van der Waals surface area contributed by atoms with E-state index < -0.39 is 21.0 Å². The number of hydrogen-bond donors (Lipinski definition) is 2. The van der Waals surface area contributed by atoms with E-state index in [1.807, 2.05) is 0 Å². The minimum atomic E-state index is -3.41. The first-order valence-corrected chi connectivity index (χ1v) is 8.07. The Bertz CT molecular complexity index is 596. The van der Waals surface area contributed by atoms with Crippen molar-refractivity contribution in [2.75, 3.05) is 18.2 Å². The summed E-state index contributed by atoms with van der Waals surface area (Å²) in [5, 5.41) is 1.41. The summed E-state index contributed by atoms with van der Waals surface area (Å²) < 4.78 is 27.8. The first-order valence-electron chi connectivity index (χ1n) is 5.71. The summed E-state index contributed by atoms with van der Waals surface area (Å²) in [6, 6.07) is 6.45. The van der Waals surface area contributed by atoms with Gasteiger partial charge in [-0.2, -0.15) is 0 Å². The summed E-state index contributed by atoms with van der Waals surface area (Å²) in [4.78, 5) is 11.9. The first kappa shape index (κ1) is 16.4. The highest BCUT2D eigenvalue weighted by Gasteiger charge is 2.23. The Kier molecular flexibility index (Phi) is 5.46. The van der Waals surface area contributed by atoms with Gasteiger partial charge in [-0.05, 0) is 31.2 Å². The van der Waals surface area contributed by atoms with E-state index in [2.05, 4.69) is 17.5 Å². The van der Waals surface area contributed by atoms with Crippen LogP contribution in [0.4, 0.5) is 5.69 Å². The molecule has 0 bridgehead atoms. The smallest absolute Gasteiger partial charge is 0.242 e. The Hall–Kier alpha value is -1.67. The van der Waals surface area contributed by atoms with Crippen LogP contribution >= 0.6 is 12.2 Å². The van der Waals surface area contributed by atoms with Gasteiger partial charge < -0.3 is 15.8 Å². The van der Waals surface area contributed by atoms with Gasteiger partial charge in [0, 0.05) is 11.9 Å². The number of anilines is 1. The highest BCUT2D eigenvalue weighted by Crippen LogP contribution is 2.16. The van der Waals surface area contributed by atoms with Crippen LogP contribution in [0.3, 0.4) is 0 Å². The molecule has 0 heterocycles. The Morgan fingerprint density at radius 1 is 1.40 bits per heavy atom. The fourth-order valence-electron chi connectivity index (χ4n) is 1.23. The SMILES string of the molecule is CC(C(=O)Nc1ccc(OCC(N)=S)cc1)S(C)(=O)=O. The maximum absolute atomic E-state index is 11.7. The highest BCUT2D eigenvalue weighted by atomic mass is 32.2. The number of nitrogens with two attached hydrogens (primary N) is 1. The third kappa shape index (κ3) is 5.14. The van der Waals surface area contributed by atoms with Gasteiger partial charge in [-0.25, -0.2) is 8.42 Å². The molecule has 1 aromatic rings.